The Kier molecular flexibility index (Phi) is 3.55. The first-order valence-electron chi connectivity index (χ1n) is 2.05. The van der Waals surface area contributed by atoms with Crippen LogP contribution in [0.3, 0.4) is 0 Å². The van der Waals surface area contributed by atoms with Crippen LogP contribution in [0.15, 0.2) is 0 Å². The number of Topliss-reactive ketones (excluding diaryl/α,β-unsaturated/α-hetero) is 1. The molecule has 7 heavy (non-hydrogen) atoms. The molecule has 42 valence electrons. The van der Waals surface area contributed by atoms with E-state index < -0.39 is 0 Å². The zero-order valence-corrected chi connectivity index (χ0v) is 6.52. The van der Waals surface area contributed by atoms with Crippen molar-refractivity contribution in [1.82, 2.24) is 3.53 Å². The van der Waals surface area contributed by atoms with Gasteiger partial charge < -0.3 is 0 Å². The summed E-state index contributed by atoms with van der Waals surface area (Å²) in [5.41, 5.74) is 0. The Morgan fingerprint density at radius 3 is 2.29 bits per heavy atom. The minimum atomic E-state index is 0.000556. The van der Waals surface area contributed by atoms with E-state index in [1.165, 1.54) is 0 Å². The summed E-state index contributed by atoms with van der Waals surface area (Å²) in [6.45, 7) is 3.39. The molecule has 0 fully saturated rings. The highest BCUT2D eigenvalue weighted by Gasteiger charge is 2.01. The van der Waals surface area contributed by atoms with Crippen LogP contribution in [-0.2, 0) is 4.79 Å². The van der Waals surface area contributed by atoms with E-state index in [1.807, 2.05) is 29.8 Å². The van der Waals surface area contributed by atoms with Crippen LogP contribution in [0, 0.1) is 0 Å². The number of carbonyl (C=O) groups is 1. The van der Waals surface area contributed by atoms with Crippen LogP contribution in [0.25, 0.3) is 0 Å². The Balaban J connectivity index is 3.34. The number of nitrogens with one attached hydrogen (secondary N) is 1. The molecule has 0 saturated carbocycles. The van der Waals surface area contributed by atoms with E-state index in [4.69, 9.17) is 0 Å². The quantitative estimate of drug-likeness (QED) is 0.545. The Bertz CT molecular complexity index is 74.1. The number of hydrogen-bond acceptors (Lipinski definition) is 2. The fourth-order valence-corrected chi connectivity index (χ4v) is 0.515. The third kappa shape index (κ3) is 2.99. The fraction of sp³-hybridized carbons (Fsp3) is 0.750. The van der Waals surface area contributed by atoms with E-state index in [0.29, 0.717) is 0 Å². The molecule has 1 atom stereocenters. The van der Waals surface area contributed by atoms with E-state index in [2.05, 4.69) is 3.53 Å². The van der Waals surface area contributed by atoms with Gasteiger partial charge in [0.25, 0.3) is 0 Å². The molecule has 1 N–H and O–H groups in total. The molecule has 0 radical (unpaired) electrons. The van der Waals surface area contributed by atoms with E-state index >= 15 is 0 Å². The standard InChI is InChI=1S/C4H8INO/c1-3(6-5)4(2)7/h3,6H,1-2H3/t3-/m1/s1. The second-order valence-electron chi connectivity index (χ2n) is 1.44. The summed E-state index contributed by atoms with van der Waals surface area (Å²) in [4.78, 5) is 10.3. The first-order chi connectivity index (χ1) is 3.18. The minimum Gasteiger partial charge on any atom is -0.298 e. The van der Waals surface area contributed by atoms with Crippen LogP contribution in [0.4, 0.5) is 0 Å². The molecule has 0 heterocycles. The van der Waals surface area contributed by atoms with Crippen molar-refractivity contribution in [3.8, 4) is 0 Å². The molecule has 0 aromatic carbocycles. The lowest BCUT2D eigenvalue weighted by atomic mass is 10.3. The Morgan fingerprint density at radius 1 is 1.86 bits per heavy atom. The molecule has 0 aromatic heterocycles. The number of hydrogen-bond donors (Lipinski definition) is 1. The van der Waals surface area contributed by atoms with Crippen molar-refractivity contribution < 1.29 is 4.79 Å². The van der Waals surface area contributed by atoms with E-state index in [1.54, 1.807) is 6.92 Å². The first-order valence-corrected chi connectivity index (χ1v) is 3.13. The van der Waals surface area contributed by atoms with Crippen molar-refractivity contribution in [2.75, 3.05) is 0 Å². The third-order valence-electron chi connectivity index (χ3n) is 0.773. The molecular formula is C4H8INO. The predicted molar refractivity (Wildman–Crippen MR) is 37.3 cm³/mol. The molecule has 0 rings (SSSR count). The van der Waals surface area contributed by atoms with Crippen LogP contribution in [0.2, 0.25) is 0 Å². The van der Waals surface area contributed by atoms with Crippen LogP contribution in [-0.4, -0.2) is 11.8 Å². The second-order valence-corrected chi connectivity index (χ2v) is 2.06. The van der Waals surface area contributed by atoms with Gasteiger partial charge in [0.15, 0.2) is 0 Å². The van der Waals surface area contributed by atoms with E-state index in [9.17, 15) is 4.79 Å². The van der Waals surface area contributed by atoms with Gasteiger partial charge in [0.05, 0.1) is 6.04 Å². The summed E-state index contributed by atoms with van der Waals surface area (Å²) < 4.78 is 2.78. The molecule has 2 nitrogen and oxygen atoms in total. The average Bonchev–Trinajstić information content (AvgIpc) is 1.65. The number of rotatable bonds is 2. The van der Waals surface area contributed by atoms with Crippen molar-refractivity contribution in [3.05, 3.63) is 0 Å². The van der Waals surface area contributed by atoms with Gasteiger partial charge in [-0.25, -0.2) is 0 Å². The average molecular weight is 213 g/mol. The normalized spacial score (nSPS) is 13.6. The maximum Gasteiger partial charge on any atom is 0.147 e. The second kappa shape index (κ2) is 3.37. The number of carbonyl (C=O) groups excluding carboxylic acids is 1. The number of ketones is 1. The van der Waals surface area contributed by atoms with Gasteiger partial charge in [-0.15, -0.1) is 0 Å². The molecule has 0 unspecified atom stereocenters. The van der Waals surface area contributed by atoms with Crippen molar-refractivity contribution in [3.63, 3.8) is 0 Å². The Hall–Kier alpha value is 0.360. The van der Waals surface area contributed by atoms with Crippen LogP contribution in [0.1, 0.15) is 13.8 Å². The lowest BCUT2D eigenvalue weighted by molar-refractivity contribution is -0.118. The van der Waals surface area contributed by atoms with Crippen molar-refractivity contribution >= 4 is 28.6 Å². The highest BCUT2D eigenvalue weighted by Crippen LogP contribution is 1.84. The number of halogens is 1. The molecule has 0 amide bonds. The van der Waals surface area contributed by atoms with Crippen molar-refractivity contribution in [1.29, 1.82) is 0 Å². The van der Waals surface area contributed by atoms with E-state index in [-0.39, 0.29) is 11.8 Å². The van der Waals surface area contributed by atoms with E-state index in [0.717, 1.165) is 0 Å². The summed E-state index contributed by atoms with van der Waals surface area (Å²) >= 11 is 1.96. The van der Waals surface area contributed by atoms with Crippen LogP contribution < -0.4 is 3.53 Å². The van der Waals surface area contributed by atoms with Crippen LogP contribution >= 0.6 is 22.9 Å². The first kappa shape index (κ1) is 7.36. The largest absolute Gasteiger partial charge is 0.298 e. The summed E-state index contributed by atoms with van der Waals surface area (Å²) in [6.07, 6.45) is 0. The molecule has 0 aliphatic rings. The molecule has 3 heteroatoms. The predicted octanol–water partition coefficient (Wildman–Crippen LogP) is 0.904. The molecule has 0 aromatic rings. The van der Waals surface area contributed by atoms with Gasteiger partial charge in [0.1, 0.15) is 5.78 Å². The third-order valence-corrected chi connectivity index (χ3v) is 1.71. The zero-order valence-electron chi connectivity index (χ0n) is 4.36. The Labute approximate surface area is 57.2 Å². The van der Waals surface area contributed by atoms with Gasteiger partial charge in [-0.1, -0.05) is 0 Å². The van der Waals surface area contributed by atoms with Crippen molar-refractivity contribution in [2.45, 2.75) is 19.9 Å². The SMILES string of the molecule is CC(=O)[C@@H](C)NI. The molecule has 0 aliphatic carbocycles. The zero-order chi connectivity index (χ0) is 5.86. The highest BCUT2D eigenvalue weighted by molar-refractivity contribution is 14.1. The van der Waals surface area contributed by atoms with Gasteiger partial charge in [0, 0.05) is 22.9 Å². The maximum atomic E-state index is 10.3. The lowest BCUT2D eigenvalue weighted by Gasteiger charge is -1.99. The smallest absolute Gasteiger partial charge is 0.147 e. The van der Waals surface area contributed by atoms with Gasteiger partial charge in [0.2, 0.25) is 0 Å². The van der Waals surface area contributed by atoms with Gasteiger partial charge >= 0.3 is 0 Å². The molecule has 0 bridgehead atoms. The van der Waals surface area contributed by atoms with Crippen molar-refractivity contribution in [2.24, 2.45) is 0 Å². The topological polar surface area (TPSA) is 29.1 Å². The van der Waals surface area contributed by atoms with Crippen LogP contribution in [0.5, 0.6) is 0 Å². The molecule has 0 aliphatic heterocycles. The summed E-state index contributed by atoms with van der Waals surface area (Å²) in [6, 6.07) is 0.000556. The van der Waals surface area contributed by atoms with Gasteiger partial charge in [-0.2, -0.15) is 0 Å². The summed E-state index contributed by atoms with van der Waals surface area (Å²) in [7, 11) is 0. The fourth-order valence-electron chi connectivity index (χ4n) is 0.0768. The maximum absolute atomic E-state index is 10.3. The summed E-state index contributed by atoms with van der Waals surface area (Å²) in [5, 5.41) is 0. The summed E-state index contributed by atoms with van der Waals surface area (Å²) in [5.74, 6) is 0.175. The Morgan fingerprint density at radius 2 is 2.29 bits per heavy atom. The molecule has 0 spiro atoms. The molecular weight excluding hydrogens is 205 g/mol. The minimum absolute atomic E-state index is 0.000556. The molecule has 0 saturated heterocycles. The highest BCUT2D eigenvalue weighted by atomic mass is 127. The lowest BCUT2D eigenvalue weighted by Crippen LogP contribution is -2.23. The van der Waals surface area contributed by atoms with Gasteiger partial charge in [-0.05, 0) is 13.8 Å². The monoisotopic (exact) mass is 213 g/mol. The van der Waals surface area contributed by atoms with Gasteiger partial charge in [-0.3, -0.25) is 8.32 Å².